The van der Waals surface area contributed by atoms with E-state index in [0.717, 1.165) is 0 Å². The molecule has 7 heteroatoms. The third kappa shape index (κ3) is 4.80. The fraction of sp³-hybridized carbons (Fsp3) is 0.188. The summed E-state index contributed by atoms with van der Waals surface area (Å²) in [7, 11) is -3.39. The fourth-order valence-corrected chi connectivity index (χ4v) is 3.06. The van der Waals surface area contributed by atoms with Gasteiger partial charge in [0.05, 0.1) is 17.6 Å². The predicted octanol–water partition coefficient (Wildman–Crippen LogP) is 2.45. The van der Waals surface area contributed by atoms with Crippen LogP contribution in [0.15, 0.2) is 53.7 Å². The predicted molar refractivity (Wildman–Crippen MR) is 88.7 cm³/mol. The first-order valence-electron chi connectivity index (χ1n) is 6.94. The number of sulfonamides is 1. The van der Waals surface area contributed by atoms with Gasteiger partial charge in [0, 0.05) is 12.2 Å². The summed E-state index contributed by atoms with van der Waals surface area (Å²) < 4.78 is 31.0. The maximum Gasteiger partial charge on any atom is 0.259 e. The molecule has 0 aliphatic heterocycles. The van der Waals surface area contributed by atoms with Crippen molar-refractivity contribution in [1.82, 2.24) is 4.72 Å². The van der Waals surface area contributed by atoms with Crippen LogP contribution in [-0.4, -0.2) is 20.9 Å². The van der Waals surface area contributed by atoms with Gasteiger partial charge in [-0.05, 0) is 30.7 Å². The minimum Gasteiger partial charge on any atom is -0.469 e. The first-order chi connectivity index (χ1) is 10.9. The number of carbonyl (C=O) groups excluding carboxylic acids is 1. The molecule has 0 unspecified atom stereocenters. The first-order valence-corrected chi connectivity index (χ1v) is 8.59. The number of furan rings is 1. The van der Waals surface area contributed by atoms with Gasteiger partial charge in [0.2, 0.25) is 10.0 Å². The number of anilines is 1. The van der Waals surface area contributed by atoms with Crippen molar-refractivity contribution in [3.8, 4) is 0 Å². The highest BCUT2D eigenvalue weighted by atomic mass is 32.2. The van der Waals surface area contributed by atoms with Crippen LogP contribution in [0.2, 0.25) is 0 Å². The van der Waals surface area contributed by atoms with E-state index < -0.39 is 10.0 Å². The molecular formula is C16H18N2O4S. The highest BCUT2D eigenvalue weighted by Crippen LogP contribution is 2.15. The summed E-state index contributed by atoms with van der Waals surface area (Å²) in [6.45, 7) is 5.37. The highest BCUT2D eigenvalue weighted by Gasteiger charge is 2.13. The lowest BCUT2D eigenvalue weighted by Gasteiger charge is -2.07. The van der Waals surface area contributed by atoms with Gasteiger partial charge in [-0.2, -0.15) is 0 Å². The van der Waals surface area contributed by atoms with Crippen LogP contribution in [0.5, 0.6) is 0 Å². The molecule has 1 aromatic heterocycles. The Labute approximate surface area is 135 Å². The molecule has 0 saturated heterocycles. The number of nitrogens with one attached hydrogen (secondary N) is 2. The topological polar surface area (TPSA) is 88.4 Å². The van der Waals surface area contributed by atoms with Crippen molar-refractivity contribution in [1.29, 1.82) is 0 Å². The standard InChI is InChI=1S/C16H18N2O4S/c1-3-9-17-23(20,21)11-13-4-6-14(7-5-13)18-16(19)15-8-10-22-12(15)2/h3-8,10,17H,1,9,11H2,2H3,(H,18,19). The average molecular weight is 334 g/mol. The van der Waals surface area contributed by atoms with Crippen molar-refractivity contribution < 1.29 is 17.6 Å². The van der Waals surface area contributed by atoms with Crippen LogP contribution in [0.1, 0.15) is 21.7 Å². The molecule has 6 nitrogen and oxygen atoms in total. The van der Waals surface area contributed by atoms with Crippen molar-refractivity contribution >= 4 is 21.6 Å². The molecule has 0 aliphatic carbocycles. The second kappa shape index (κ2) is 7.26. The van der Waals surface area contributed by atoms with Crippen LogP contribution >= 0.6 is 0 Å². The zero-order valence-corrected chi connectivity index (χ0v) is 13.5. The molecule has 1 amide bonds. The Morgan fingerprint density at radius 3 is 2.52 bits per heavy atom. The third-order valence-corrected chi connectivity index (χ3v) is 4.44. The molecule has 0 radical (unpaired) electrons. The Bertz CT molecular complexity index is 792. The van der Waals surface area contributed by atoms with Crippen molar-refractivity contribution in [2.24, 2.45) is 0 Å². The van der Waals surface area contributed by atoms with Crippen molar-refractivity contribution in [2.75, 3.05) is 11.9 Å². The number of benzene rings is 1. The summed E-state index contributed by atoms with van der Waals surface area (Å²) >= 11 is 0. The number of carbonyl (C=O) groups is 1. The van der Waals surface area contributed by atoms with Crippen LogP contribution in [0.4, 0.5) is 5.69 Å². The lowest BCUT2D eigenvalue weighted by molar-refractivity contribution is 0.102. The van der Waals surface area contributed by atoms with E-state index in [0.29, 0.717) is 22.6 Å². The zero-order chi connectivity index (χ0) is 16.9. The van der Waals surface area contributed by atoms with Gasteiger partial charge in [-0.15, -0.1) is 6.58 Å². The molecular weight excluding hydrogens is 316 g/mol. The van der Waals surface area contributed by atoms with E-state index in [1.807, 2.05) is 0 Å². The van der Waals surface area contributed by atoms with E-state index in [-0.39, 0.29) is 18.2 Å². The van der Waals surface area contributed by atoms with Crippen LogP contribution in [0, 0.1) is 6.92 Å². The van der Waals surface area contributed by atoms with Gasteiger partial charge < -0.3 is 9.73 Å². The van der Waals surface area contributed by atoms with Crippen LogP contribution in [0.3, 0.4) is 0 Å². The maximum absolute atomic E-state index is 12.0. The molecule has 122 valence electrons. The van der Waals surface area contributed by atoms with E-state index in [1.165, 1.54) is 12.3 Å². The maximum atomic E-state index is 12.0. The zero-order valence-electron chi connectivity index (χ0n) is 12.7. The summed E-state index contributed by atoms with van der Waals surface area (Å²) in [6, 6.07) is 8.23. The quantitative estimate of drug-likeness (QED) is 0.761. The Balaban J connectivity index is 2.01. The minimum absolute atomic E-state index is 0.129. The highest BCUT2D eigenvalue weighted by molar-refractivity contribution is 7.88. The summed E-state index contributed by atoms with van der Waals surface area (Å²) in [5.74, 6) is 0.137. The van der Waals surface area contributed by atoms with Crippen molar-refractivity contribution in [2.45, 2.75) is 12.7 Å². The lowest BCUT2D eigenvalue weighted by Crippen LogP contribution is -2.25. The minimum atomic E-state index is -3.39. The second-order valence-electron chi connectivity index (χ2n) is 4.94. The SMILES string of the molecule is C=CCNS(=O)(=O)Cc1ccc(NC(=O)c2ccoc2C)cc1. The fourth-order valence-electron chi connectivity index (χ4n) is 1.96. The molecule has 0 atom stereocenters. The average Bonchev–Trinajstić information content (AvgIpc) is 2.93. The summed E-state index contributed by atoms with van der Waals surface area (Å²) in [5.41, 5.74) is 1.67. The van der Waals surface area contributed by atoms with Crippen molar-refractivity contribution in [3.63, 3.8) is 0 Å². The second-order valence-corrected chi connectivity index (χ2v) is 6.74. The van der Waals surface area contributed by atoms with Gasteiger partial charge in [-0.3, -0.25) is 4.79 Å². The Hall–Kier alpha value is -2.38. The van der Waals surface area contributed by atoms with E-state index in [2.05, 4.69) is 16.6 Å². The molecule has 23 heavy (non-hydrogen) atoms. The molecule has 1 heterocycles. The molecule has 2 aromatic rings. The summed E-state index contributed by atoms with van der Waals surface area (Å²) in [6.07, 6.45) is 2.93. The molecule has 1 aromatic carbocycles. The van der Waals surface area contributed by atoms with Crippen molar-refractivity contribution in [3.05, 3.63) is 66.1 Å². The third-order valence-electron chi connectivity index (χ3n) is 3.12. The van der Waals surface area contributed by atoms with E-state index in [4.69, 9.17) is 4.42 Å². The van der Waals surface area contributed by atoms with Crippen LogP contribution in [0.25, 0.3) is 0 Å². The Morgan fingerprint density at radius 1 is 1.26 bits per heavy atom. The van der Waals surface area contributed by atoms with Gasteiger partial charge in [0.15, 0.2) is 0 Å². The number of hydrogen-bond acceptors (Lipinski definition) is 4. The van der Waals surface area contributed by atoms with Gasteiger partial charge in [0.1, 0.15) is 5.76 Å². The number of rotatable bonds is 7. The monoisotopic (exact) mass is 334 g/mol. The molecule has 0 fully saturated rings. The lowest BCUT2D eigenvalue weighted by atomic mass is 10.2. The number of amides is 1. The summed E-state index contributed by atoms with van der Waals surface area (Å²) in [4.78, 5) is 12.0. The van der Waals surface area contributed by atoms with E-state index >= 15 is 0 Å². The normalized spacial score (nSPS) is 11.2. The van der Waals surface area contributed by atoms with Crippen LogP contribution < -0.4 is 10.0 Å². The molecule has 2 N–H and O–H groups in total. The molecule has 0 spiro atoms. The van der Waals surface area contributed by atoms with E-state index in [1.54, 1.807) is 37.3 Å². The largest absolute Gasteiger partial charge is 0.469 e. The van der Waals surface area contributed by atoms with Gasteiger partial charge in [-0.25, -0.2) is 13.1 Å². The number of hydrogen-bond donors (Lipinski definition) is 2. The first kappa shape index (κ1) is 17.0. The molecule has 0 saturated carbocycles. The molecule has 0 aliphatic rings. The molecule has 0 bridgehead atoms. The van der Waals surface area contributed by atoms with Gasteiger partial charge >= 0.3 is 0 Å². The van der Waals surface area contributed by atoms with E-state index in [9.17, 15) is 13.2 Å². The van der Waals surface area contributed by atoms with Gasteiger partial charge in [0.25, 0.3) is 5.91 Å². The number of aryl methyl sites for hydroxylation is 1. The molecule has 2 rings (SSSR count). The Morgan fingerprint density at radius 2 is 1.96 bits per heavy atom. The Kier molecular flexibility index (Phi) is 5.36. The van der Waals surface area contributed by atoms with Crippen LogP contribution in [-0.2, 0) is 15.8 Å². The smallest absolute Gasteiger partial charge is 0.259 e. The summed E-state index contributed by atoms with van der Waals surface area (Å²) in [5, 5.41) is 2.73. The van der Waals surface area contributed by atoms with Gasteiger partial charge in [-0.1, -0.05) is 18.2 Å².